The van der Waals surface area contributed by atoms with E-state index in [0.29, 0.717) is 17.2 Å². The van der Waals surface area contributed by atoms with E-state index >= 15 is 0 Å². The predicted molar refractivity (Wildman–Crippen MR) is 111 cm³/mol. The van der Waals surface area contributed by atoms with Crippen molar-refractivity contribution in [2.24, 2.45) is 0 Å². The number of aromatic nitrogens is 1. The highest BCUT2D eigenvalue weighted by molar-refractivity contribution is 7.13. The van der Waals surface area contributed by atoms with Crippen molar-refractivity contribution < 1.29 is 19.4 Å². The number of carbonyl (C=O) groups excluding carboxylic acids is 1. The smallest absolute Gasteiger partial charge is 0.318 e. The Morgan fingerprint density at radius 3 is 2.54 bits per heavy atom. The Morgan fingerprint density at radius 1 is 1.21 bits per heavy atom. The summed E-state index contributed by atoms with van der Waals surface area (Å²) in [5.41, 5.74) is 1.63. The molecule has 0 saturated carbocycles. The van der Waals surface area contributed by atoms with Crippen LogP contribution in [-0.4, -0.2) is 28.6 Å². The van der Waals surface area contributed by atoms with Crippen LogP contribution in [0.5, 0.6) is 0 Å². The van der Waals surface area contributed by atoms with Gasteiger partial charge in [0.1, 0.15) is 5.41 Å². The summed E-state index contributed by atoms with van der Waals surface area (Å²) in [4.78, 5) is 28.8. The number of nitrogens with zero attached hydrogens (tertiary/aromatic N) is 1. The molecule has 6 nitrogen and oxygen atoms in total. The van der Waals surface area contributed by atoms with Crippen LogP contribution in [-0.2, 0) is 19.7 Å². The Labute approximate surface area is 170 Å². The van der Waals surface area contributed by atoms with E-state index < -0.39 is 17.4 Å². The number of ether oxygens (including phenoxy) is 1. The normalized spacial score (nSPS) is 13.0. The number of carboxylic acids is 1. The molecule has 1 aromatic heterocycles. The maximum absolute atomic E-state index is 12.9. The first kappa shape index (κ1) is 21.9. The van der Waals surface area contributed by atoms with Gasteiger partial charge in [-0.05, 0) is 38.8 Å². The number of unbranched alkanes of at least 4 members (excludes halogenated alkanes) is 1. The molecule has 0 bridgehead atoms. The van der Waals surface area contributed by atoms with Gasteiger partial charge in [-0.1, -0.05) is 37.5 Å². The van der Waals surface area contributed by atoms with Crippen LogP contribution in [0, 0.1) is 6.92 Å². The van der Waals surface area contributed by atoms with Crippen molar-refractivity contribution in [3.8, 4) is 0 Å². The number of carboxylic acid groups (broad SMARTS) is 1. The number of thiazole rings is 1. The minimum Gasteiger partial charge on any atom is -0.481 e. The number of aryl methyl sites for hydroxylation is 1. The number of hydrogen-bond acceptors (Lipinski definition) is 6. The highest BCUT2D eigenvalue weighted by atomic mass is 32.1. The average Bonchev–Trinajstić information content (AvgIpc) is 3.13. The van der Waals surface area contributed by atoms with Gasteiger partial charge in [0.15, 0.2) is 5.13 Å². The minimum atomic E-state index is -1.03. The Morgan fingerprint density at radius 2 is 1.93 bits per heavy atom. The molecule has 0 fully saturated rings. The Bertz CT molecular complexity index is 788. The van der Waals surface area contributed by atoms with Gasteiger partial charge in [0.25, 0.3) is 0 Å². The van der Waals surface area contributed by atoms with Crippen LogP contribution in [0.3, 0.4) is 0 Å². The van der Waals surface area contributed by atoms with E-state index in [0.717, 1.165) is 18.5 Å². The molecule has 1 atom stereocenters. The number of nitrogens with one attached hydrogen (secondary N) is 1. The highest BCUT2D eigenvalue weighted by Gasteiger charge is 2.43. The predicted octanol–water partition coefficient (Wildman–Crippen LogP) is 5.05. The highest BCUT2D eigenvalue weighted by Crippen LogP contribution is 2.38. The van der Waals surface area contributed by atoms with Crippen LogP contribution in [0.2, 0.25) is 0 Å². The van der Waals surface area contributed by atoms with E-state index in [4.69, 9.17) is 4.74 Å². The Balaban J connectivity index is 2.34. The monoisotopic (exact) mass is 404 g/mol. The summed E-state index contributed by atoms with van der Waals surface area (Å²) < 4.78 is 5.34. The third-order valence-corrected chi connectivity index (χ3v) is 5.44. The number of hydrogen-bond donors (Lipinski definition) is 2. The van der Waals surface area contributed by atoms with Crippen LogP contribution < -0.4 is 5.32 Å². The first-order valence-electron chi connectivity index (χ1n) is 9.60. The quantitative estimate of drug-likeness (QED) is 0.510. The Kier molecular flexibility index (Phi) is 7.99. The third-order valence-electron chi connectivity index (χ3n) is 4.69. The van der Waals surface area contributed by atoms with Crippen molar-refractivity contribution in [2.45, 2.75) is 58.3 Å². The first-order valence-corrected chi connectivity index (χ1v) is 10.5. The molecule has 28 heavy (non-hydrogen) atoms. The van der Waals surface area contributed by atoms with E-state index in [-0.39, 0.29) is 19.4 Å². The zero-order chi connectivity index (χ0) is 20.6. The van der Waals surface area contributed by atoms with Gasteiger partial charge in [-0.2, -0.15) is 0 Å². The van der Waals surface area contributed by atoms with Crippen LogP contribution in [0.4, 0.5) is 10.8 Å². The maximum atomic E-state index is 12.9. The van der Waals surface area contributed by atoms with E-state index in [9.17, 15) is 14.7 Å². The molecule has 2 N–H and O–H groups in total. The molecular formula is C21H28N2O4S. The second-order valence-corrected chi connectivity index (χ2v) is 7.69. The summed E-state index contributed by atoms with van der Waals surface area (Å²) in [6, 6.07) is 7.95. The maximum Gasteiger partial charge on any atom is 0.318 e. The molecule has 2 aromatic rings. The van der Waals surface area contributed by atoms with E-state index in [1.807, 2.05) is 43.5 Å². The number of aliphatic carboxylic acids is 1. The summed E-state index contributed by atoms with van der Waals surface area (Å²) in [6.07, 6.45) is 2.27. The molecule has 7 heteroatoms. The molecular weight excluding hydrogens is 376 g/mol. The molecule has 0 aliphatic heterocycles. The molecule has 0 saturated heterocycles. The van der Waals surface area contributed by atoms with Gasteiger partial charge in [-0.15, -0.1) is 11.3 Å². The summed E-state index contributed by atoms with van der Waals surface area (Å²) in [5, 5.41) is 15.0. The average molecular weight is 405 g/mol. The van der Waals surface area contributed by atoms with Crippen LogP contribution in [0.1, 0.15) is 57.2 Å². The fraction of sp³-hybridized carbons (Fsp3) is 0.476. The van der Waals surface area contributed by atoms with E-state index in [2.05, 4.69) is 10.3 Å². The molecule has 2 rings (SSSR count). The number of esters is 1. The molecule has 1 heterocycles. The number of anilines is 2. The van der Waals surface area contributed by atoms with Crippen molar-refractivity contribution in [3.05, 3.63) is 40.9 Å². The van der Waals surface area contributed by atoms with Gasteiger partial charge < -0.3 is 15.2 Å². The van der Waals surface area contributed by atoms with Crippen molar-refractivity contribution in [2.75, 3.05) is 11.9 Å². The van der Waals surface area contributed by atoms with Crippen molar-refractivity contribution in [3.63, 3.8) is 0 Å². The summed E-state index contributed by atoms with van der Waals surface area (Å²) in [5.74, 6) is -1.32. The van der Waals surface area contributed by atoms with Crippen LogP contribution >= 0.6 is 11.3 Å². The zero-order valence-corrected chi connectivity index (χ0v) is 17.5. The van der Waals surface area contributed by atoms with Crippen molar-refractivity contribution >= 4 is 34.1 Å². The van der Waals surface area contributed by atoms with Gasteiger partial charge >= 0.3 is 11.9 Å². The van der Waals surface area contributed by atoms with Gasteiger partial charge in [0, 0.05) is 17.5 Å². The lowest BCUT2D eigenvalue weighted by atomic mass is 9.76. The fourth-order valence-electron chi connectivity index (χ4n) is 3.07. The second kappa shape index (κ2) is 10.2. The van der Waals surface area contributed by atoms with Crippen LogP contribution in [0.25, 0.3) is 0 Å². The summed E-state index contributed by atoms with van der Waals surface area (Å²) in [7, 11) is 0. The zero-order valence-electron chi connectivity index (χ0n) is 16.7. The van der Waals surface area contributed by atoms with E-state index in [1.54, 1.807) is 6.92 Å². The molecule has 0 aliphatic carbocycles. The summed E-state index contributed by atoms with van der Waals surface area (Å²) >= 11 is 1.40. The molecule has 0 aliphatic rings. The molecule has 0 amide bonds. The van der Waals surface area contributed by atoms with E-state index in [1.165, 1.54) is 16.9 Å². The lowest BCUT2D eigenvalue weighted by molar-refractivity contribution is -0.151. The van der Waals surface area contributed by atoms with Crippen molar-refractivity contribution in [1.29, 1.82) is 0 Å². The molecule has 0 radical (unpaired) electrons. The standard InChI is InChI=1S/C21H28N2O4S/c1-4-6-12-21(13-11-18(24)25,19(26)27-5-2)17-14-28-20(23-17)22-16-9-7-15(3)8-10-16/h7-10,14H,4-6,11-13H2,1-3H3,(H,22,23)(H,24,25)/t21-/m1/s1. The van der Waals surface area contributed by atoms with Gasteiger partial charge in [0.2, 0.25) is 0 Å². The van der Waals surface area contributed by atoms with Crippen molar-refractivity contribution in [1.82, 2.24) is 4.98 Å². The van der Waals surface area contributed by atoms with Crippen LogP contribution in [0.15, 0.2) is 29.6 Å². The topological polar surface area (TPSA) is 88.5 Å². The molecule has 1 aromatic carbocycles. The molecule has 0 spiro atoms. The number of carbonyl (C=O) groups is 2. The molecule has 0 unspecified atom stereocenters. The number of rotatable bonds is 11. The fourth-order valence-corrected chi connectivity index (χ4v) is 3.90. The van der Waals surface area contributed by atoms with Gasteiger partial charge in [-0.25, -0.2) is 4.98 Å². The Hall–Kier alpha value is -2.41. The molecule has 152 valence electrons. The third kappa shape index (κ3) is 5.55. The lowest BCUT2D eigenvalue weighted by Crippen LogP contribution is -2.38. The minimum absolute atomic E-state index is 0.110. The largest absolute Gasteiger partial charge is 0.481 e. The SMILES string of the molecule is CCCC[C@](CCC(=O)O)(C(=O)OCC)c1csc(Nc2ccc(C)cc2)n1. The van der Waals surface area contributed by atoms with Gasteiger partial charge in [0.05, 0.1) is 12.3 Å². The number of benzene rings is 1. The lowest BCUT2D eigenvalue weighted by Gasteiger charge is -2.29. The first-order chi connectivity index (χ1) is 13.4. The second-order valence-electron chi connectivity index (χ2n) is 6.83. The summed E-state index contributed by atoms with van der Waals surface area (Å²) in [6.45, 7) is 6.07. The van der Waals surface area contributed by atoms with Gasteiger partial charge in [-0.3, -0.25) is 9.59 Å².